The molecule has 2 rings (SSSR count). The highest BCUT2D eigenvalue weighted by Gasteiger charge is 2.56. The van der Waals surface area contributed by atoms with Crippen molar-refractivity contribution in [2.24, 2.45) is 5.41 Å². The van der Waals surface area contributed by atoms with Gasteiger partial charge in [-0.25, -0.2) is 0 Å². The van der Waals surface area contributed by atoms with Gasteiger partial charge in [-0.15, -0.1) is 10.9 Å². The lowest BCUT2D eigenvalue weighted by Crippen LogP contribution is -2.42. The van der Waals surface area contributed by atoms with Crippen LogP contribution in [-0.2, 0) is 10.8 Å². The molecule has 0 saturated heterocycles. The number of rotatable bonds is 0. The smallest absolute Gasteiger partial charge is 0.103 e. The average Bonchev–Trinajstić information content (AvgIpc) is 2.28. The van der Waals surface area contributed by atoms with Crippen LogP contribution in [0.4, 0.5) is 0 Å². The molecule has 0 N–H and O–H groups in total. The Morgan fingerprint density at radius 1 is 0.706 bits per heavy atom. The highest BCUT2D eigenvalue weighted by atomic mass is 14.6. The molecule has 1 aliphatic carbocycles. The summed E-state index contributed by atoms with van der Waals surface area (Å²) in [5.41, 5.74) is 4.47. The van der Waals surface area contributed by atoms with Gasteiger partial charge in [0.25, 0.3) is 0 Å². The zero-order valence-electron chi connectivity index (χ0n) is 11.8. The summed E-state index contributed by atoms with van der Waals surface area (Å²) in [6.45, 7) is 13.9. The van der Waals surface area contributed by atoms with Crippen molar-refractivity contribution in [2.75, 3.05) is 0 Å². The highest BCUT2D eigenvalue weighted by molar-refractivity contribution is 6.48. The molecule has 0 amide bonds. The van der Waals surface area contributed by atoms with Crippen LogP contribution in [0.25, 0.3) is 0 Å². The molecule has 1 aromatic rings. The second kappa shape index (κ2) is 3.22. The van der Waals surface area contributed by atoms with Crippen molar-refractivity contribution < 1.29 is 0 Å². The van der Waals surface area contributed by atoms with Crippen LogP contribution in [0.2, 0.25) is 0 Å². The predicted molar refractivity (Wildman–Crippen MR) is 77.1 cm³/mol. The minimum Gasteiger partial charge on any atom is -0.103 e. The van der Waals surface area contributed by atoms with Gasteiger partial charge in [0, 0.05) is 0 Å². The summed E-state index contributed by atoms with van der Waals surface area (Å²) in [4.78, 5) is 0. The van der Waals surface area contributed by atoms with E-state index in [1.54, 1.807) is 0 Å². The SMILES string of the molecule is [B]c1cc2c(cc1[B])C(C)(C)C(C)(C)C2(C)C. The van der Waals surface area contributed by atoms with E-state index in [4.69, 9.17) is 15.7 Å². The average molecular weight is 222 g/mol. The molecular formula is C15H20B2. The van der Waals surface area contributed by atoms with E-state index >= 15 is 0 Å². The third-order valence-electron chi connectivity index (χ3n) is 5.69. The first-order chi connectivity index (χ1) is 7.53. The molecule has 0 unspecified atom stereocenters. The van der Waals surface area contributed by atoms with Crippen LogP contribution in [0, 0.1) is 5.41 Å². The molecule has 0 nitrogen and oxygen atoms in total. The second-order valence-corrected chi connectivity index (χ2v) is 6.90. The summed E-state index contributed by atoms with van der Waals surface area (Å²) >= 11 is 0. The Morgan fingerprint density at radius 3 is 1.29 bits per heavy atom. The van der Waals surface area contributed by atoms with Gasteiger partial charge >= 0.3 is 0 Å². The second-order valence-electron chi connectivity index (χ2n) is 6.90. The Hall–Kier alpha value is -0.650. The molecule has 0 atom stereocenters. The lowest BCUT2D eigenvalue weighted by molar-refractivity contribution is 0.125. The maximum Gasteiger partial charge on any atom is 0.112 e. The molecule has 0 saturated carbocycles. The fourth-order valence-electron chi connectivity index (χ4n) is 3.12. The van der Waals surface area contributed by atoms with E-state index in [0.717, 1.165) is 0 Å². The van der Waals surface area contributed by atoms with E-state index in [1.165, 1.54) is 11.1 Å². The largest absolute Gasteiger partial charge is 0.112 e. The van der Waals surface area contributed by atoms with E-state index < -0.39 is 0 Å². The summed E-state index contributed by atoms with van der Waals surface area (Å²) < 4.78 is 0. The molecule has 0 aliphatic heterocycles. The zero-order chi connectivity index (χ0) is 13.2. The van der Waals surface area contributed by atoms with E-state index in [0.29, 0.717) is 10.9 Å². The topological polar surface area (TPSA) is 0 Å². The summed E-state index contributed by atoms with van der Waals surface area (Å²) in [7, 11) is 11.9. The Balaban J connectivity index is 2.83. The Kier molecular flexibility index (Phi) is 2.42. The van der Waals surface area contributed by atoms with Gasteiger partial charge in [-0.05, 0) is 27.4 Å². The Morgan fingerprint density at radius 2 is 1.00 bits per heavy atom. The van der Waals surface area contributed by atoms with Gasteiger partial charge in [0.1, 0.15) is 15.7 Å². The molecule has 17 heavy (non-hydrogen) atoms. The minimum atomic E-state index is 0.105. The summed E-state index contributed by atoms with van der Waals surface area (Å²) in [6.07, 6.45) is 0. The van der Waals surface area contributed by atoms with Crippen LogP contribution in [0.3, 0.4) is 0 Å². The van der Waals surface area contributed by atoms with E-state index in [1.807, 2.05) is 0 Å². The van der Waals surface area contributed by atoms with Gasteiger partial charge in [-0.1, -0.05) is 53.7 Å². The molecule has 0 heterocycles. The van der Waals surface area contributed by atoms with E-state index in [-0.39, 0.29) is 16.2 Å². The van der Waals surface area contributed by atoms with E-state index in [2.05, 4.69) is 53.7 Å². The molecule has 1 aromatic carbocycles. The van der Waals surface area contributed by atoms with Gasteiger partial charge in [0.15, 0.2) is 0 Å². The monoisotopic (exact) mass is 222 g/mol. The highest BCUT2D eigenvalue weighted by Crippen LogP contribution is 2.60. The lowest BCUT2D eigenvalue weighted by atomic mass is 9.59. The van der Waals surface area contributed by atoms with Crippen LogP contribution in [0.5, 0.6) is 0 Å². The van der Waals surface area contributed by atoms with Crippen LogP contribution in [0.1, 0.15) is 52.7 Å². The minimum absolute atomic E-state index is 0.105. The third kappa shape index (κ3) is 1.33. The molecule has 0 fully saturated rings. The Labute approximate surface area is 108 Å². The third-order valence-corrected chi connectivity index (χ3v) is 5.69. The number of benzene rings is 1. The maximum atomic E-state index is 5.97. The van der Waals surface area contributed by atoms with Crippen molar-refractivity contribution >= 4 is 26.6 Å². The van der Waals surface area contributed by atoms with Gasteiger partial charge in [-0.2, -0.15) is 0 Å². The molecule has 2 heteroatoms. The number of fused-ring (bicyclic) bond motifs is 1. The quantitative estimate of drug-likeness (QED) is 0.587. The van der Waals surface area contributed by atoms with Crippen molar-refractivity contribution in [3.05, 3.63) is 23.3 Å². The van der Waals surface area contributed by atoms with Crippen LogP contribution in [-0.4, -0.2) is 15.7 Å². The van der Waals surface area contributed by atoms with Gasteiger partial charge < -0.3 is 0 Å². The lowest BCUT2D eigenvalue weighted by Gasteiger charge is -2.44. The van der Waals surface area contributed by atoms with Crippen LogP contribution < -0.4 is 10.9 Å². The number of hydrogen-bond donors (Lipinski definition) is 0. The fraction of sp³-hybridized carbons (Fsp3) is 0.600. The standard InChI is InChI=1S/C15H20B2/c1-13(2)9-7-11(16)12(17)8-10(9)14(3,4)15(13,5)6/h7-8H,1-6H3. The van der Waals surface area contributed by atoms with Gasteiger partial charge in [0.05, 0.1) is 0 Å². The molecule has 4 radical (unpaired) electrons. The van der Waals surface area contributed by atoms with Crippen LogP contribution in [0.15, 0.2) is 12.1 Å². The molecule has 1 aliphatic rings. The van der Waals surface area contributed by atoms with Crippen molar-refractivity contribution in [2.45, 2.75) is 52.4 Å². The predicted octanol–water partition coefficient (Wildman–Crippen LogP) is 1.87. The first kappa shape index (κ1) is 12.8. The number of hydrogen-bond acceptors (Lipinski definition) is 0. The Bertz CT molecular complexity index is 439. The fourth-order valence-corrected chi connectivity index (χ4v) is 3.12. The van der Waals surface area contributed by atoms with Crippen molar-refractivity contribution in [3.63, 3.8) is 0 Å². The van der Waals surface area contributed by atoms with Gasteiger partial charge in [0.2, 0.25) is 0 Å². The first-order valence-corrected chi connectivity index (χ1v) is 6.23. The molecule has 0 aromatic heterocycles. The maximum absolute atomic E-state index is 5.97. The molecule has 0 spiro atoms. The van der Waals surface area contributed by atoms with E-state index in [9.17, 15) is 0 Å². The van der Waals surface area contributed by atoms with Gasteiger partial charge in [-0.3, -0.25) is 0 Å². The summed E-state index contributed by atoms with van der Waals surface area (Å²) in [5.74, 6) is 0. The van der Waals surface area contributed by atoms with Crippen molar-refractivity contribution in [1.29, 1.82) is 0 Å². The molecule has 0 bridgehead atoms. The van der Waals surface area contributed by atoms with Crippen molar-refractivity contribution in [1.82, 2.24) is 0 Å². The van der Waals surface area contributed by atoms with Crippen molar-refractivity contribution in [3.8, 4) is 0 Å². The first-order valence-electron chi connectivity index (χ1n) is 6.23. The zero-order valence-corrected chi connectivity index (χ0v) is 11.8. The molecular weight excluding hydrogens is 202 g/mol. The summed E-state index contributed by atoms with van der Waals surface area (Å²) in [5, 5.41) is 0. The van der Waals surface area contributed by atoms with Crippen LogP contribution >= 0.6 is 0 Å². The summed E-state index contributed by atoms with van der Waals surface area (Å²) in [6, 6.07) is 4.14. The normalized spacial score (nSPS) is 23.4. The molecule has 86 valence electrons.